The molecule has 0 fully saturated rings. The van der Waals surface area contributed by atoms with Gasteiger partial charge in [0.25, 0.3) is 10.0 Å². The molecule has 0 amide bonds. The lowest BCUT2D eigenvalue weighted by Gasteiger charge is -2.14. The van der Waals surface area contributed by atoms with Crippen molar-refractivity contribution in [1.82, 2.24) is 0 Å². The summed E-state index contributed by atoms with van der Waals surface area (Å²) in [5.41, 5.74) is 1.48. The molecular formula is C18H19NO6S. The van der Waals surface area contributed by atoms with Gasteiger partial charge in [0.2, 0.25) is 0 Å². The van der Waals surface area contributed by atoms with Gasteiger partial charge in [0, 0.05) is 0 Å². The topological polar surface area (TPSA) is 98.8 Å². The fourth-order valence-electron chi connectivity index (χ4n) is 2.46. The van der Waals surface area contributed by atoms with Crippen molar-refractivity contribution in [1.29, 1.82) is 0 Å². The van der Waals surface area contributed by atoms with E-state index < -0.39 is 22.0 Å². The molecule has 0 radical (unpaired) electrons. The van der Waals surface area contributed by atoms with E-state index in [4.69, 9.17) is 0 Å². The second-order valence-corrected chi connectivity index (χ2v) is 7.27. The van der Waals surface area contributed by atoms with E-state index in [0.29, 0.717) is 5.56 Å². The van der Waals surface area contributed by atoms with Crippen molar-refractivity contribution in [2.75, 3.05) is 18.9 Å². The SMILES string of the molecule is COC(=O)c1ccc(C(=O)OC)c(NS(=O)(=O)c2ccc(C)cc2C)c1. The first-order valence-electron chi connectivity index (χ1n) is 7.60. The molecule has 0 aliphatic carbocycles. The van der Waals surface area contributed by atoms with Crippen molar-refractivity contribution in [3.05, 3.63) is 58.7 Å². The predicted octanol–water partition coefficient (Wildman–Crippen LogP) is 2.68. The molecule has 0 unspecified atom stereocenters. The maximum absolute atomic E-state index is 12.8. The van der Waals surface area contributed by atoms with Crippen molar-refractivity contribution >= 4 is 27.6 Å². The van der Waals surface area contributed by atoms with Crippen LogP contribution in [-0.2, 0) is 19.5 Å². The molecule has 2 aromatic carbocycles. The Hall–Kier alpha value is -2.87. The summed E-state index contributed by atoms with van der Waals surface area (Å²) in [4.78, 5) is 23.7. The van der Waals surface area contributed by atoms with Crippen LogP contribution in [0.4, 0.5) is 5.69 Å². The first-order chi connectivity index (χ1) is 12.2. The van der Waals surface area contributed by atoms with Crippen LogP contribution in [0, 0.1) is 13.8 Å². The molecule has 0 spiro atoms. The minimum Gasteiger partial charge on any atom is -0.465 e. The van der Waals surface area contributed by atoms with Gasteiger partial charge in [-0.1, -0.05) is 17.7 Å². The number of rotatable bonds is 5. The Kier molecular flexibility index (Phi) is 5.66. The number of carbonyl (C=O) groups is 2. The number of ether oxygens (including phenoxy) is 2. The quantitative estimate of drug-likeness (QED) is 0.805. The fourth-order valence-corrected chi connectivity index (χ4v) is 3.76. The third-order valence-electron chi connectivity index (χ3n) is 3.71. The first kappa shape index (κ1) is 19.5. The van der Waals surface area contributed by atoms with Crippen molar-refractivity contribution in [2.45, 2.75) is 18.7 Å². The van der Waals surface area contributed by atoms with E-state index in [2.05, 4.69) is 14.2 Å². The minimum atomic E-state index is -3.98. The van der Waals surface area contributed by atoms with Gasteiger partial charge < -0.3 is 9.47 Å². The summed E-state index contributed by atoms with van der Waals surface area (Å²) < 4.78 is 37.2. The molecule has 1 N–H and O–H groups in total. The zero-order chi connectivity index (χ0) is 19.5. The Balaban J connectivity index is 2.54. The normalized spacial score (nSPS) is 10.9. The molecule has 0 saturated heterocycles. The molecule has 26 heavy (non-hydrogen) atoms. The maximum atomic E-state index is 12.8. The Morgan fingerprint density at radius 3 is 2.15 bits per heavy atom. The molecular weight excluding hydrogens is 358 g/mol. The predicted molar refractivity (Wildman–Crippen MR) is 95.8 cm³/mol. The third kappa shape index (κ3) is 4.02. The lowest BCUT2D eigenvalue weighted by molar-refractivity contribution is 0.0587. The molecule has 0 aromatic heterocycles. The summed E-state index contributed by atoms with van der Waals surface area (Å²) in [6.45, 7) is 3.53. The molecule has 2 rings (SSSR count). The molecule has 0 aliphatic rings. The fraction of sp³-hybridized carbons (Fsp3) is 0.222. The third-order valence-corrected chi connectivity index (χ3v) is 5.24. The Morgan fingerprint density at radius 1 is 0.923 bits per heavy atom. The summed E-state index contributed by atoms with van der Waals surface area (Å²) in [5.74, 6) is -1.40. The van der Waals surface area contributed by atoms with Gasteiger partial charge in [0.15, 0.2) is 0 Å². The van der Waals surface area contributed by atoms with Crippen LogP contribution in [0.3, 0.4) is 0 Å². The number of hydrogen-bond acceptors (Lipinski definition) is 6. The van der Waals surface area contributed by atoms with E-state index in [-0.39, 0.29) is 21.7 Å². The highest BCUT2D eigenvalue weighted by molar-refractivity contribution is 7.92. The number of benzene rings is 2. The van der Waals surface area contributed by atoms with E-state index in [1.54, 1.807) is 19.1 Å². The van der Waals surface area contributed by atoms with E-state index in [9.17, 15) is 18.0 Å². The summed E-state index contributed by atoms with van der Waals surface area (Å²) in [6.07, 6.45) is 0. The number of nitrogens with one attached hydrogen (secondary N) is 1. The van der Waals surface area contributed by atoms with Gasteiger partial charge in [0.1, 0.15) is 0 Å². The number of esters is 2. The molecule has 0 atom stereocenters. The number of aryl methyl sites for hydroxylation is 2. The largest absolute Gasteiger partial charge is 0.465 e. The smallest absolute Gasteiger partial charge is 0.339 e. The lowest BCUT2D eigenvalue weighted by Crippen LogP contribution is -2.18. The van der Waals surface area contributed by atoms with Crippen LogP contribution in [-0.4, -0.2) is 34.6 Å². The highest BCUT2D eigenvalue weighted by Gasteiger charge is 2.22. The summed E-state index contributed by atoms with van der Waals surface area (Å²) >= 11 is 0. The molecule has 2 aromatic rings. The highest BCUT2D eigenvalue weighted by Crippen LogP contribution is 2.25. The standard InChI is InChI=1S/C18H19NO6S/c1-11-5-8-16(12(2)9-11)26(22,23)19-15-10-13(17(20)24-3)6-7-14(15)18(21)25-4/h5-10,19H,1-4H3. The van der Waals surface area contributed by atoms with E-state index >= 15 is 0 Å². The average molecular weight is 377 g/mol. The molecule has 7 nitrogen and oxygen atoms in total. The number of carbonyl (C=O) groups excluding carboxylic acids is 2. The molecule has 0 aliphatic heterocycles. The molecule has 0 saturated carbocycles. The number of methoxy groups -OCH3 is 2. The molecule has 0 heterocycles. The van der Waals surface area contributed by atoms with Crippen LogP contribution in [0.15, 0.2) is 41.3 Å². The van der Waals surface area contributed by atoms with Gasteiger partial charge in [-0.3, -0.25) is 4.72 Å². The zero-order valence-corrected chi connectivity index (χ0v) is 15.6. The Bertz CT molecular complexity index is 966. The van der Waals surface area contributed by atoms with Crippen LogP contribution in [0.5, 0.6) is 0 Å². The first-order valence-corrected chi connectivity index (χ1v) is 9.08. The van der Waals surface area contributed by atoms with Crippen LogP contribution in [0.1, 0.15) is 31.8 Å². The van der Waals surface area contributed by atoms with Crippen LogP contribution < -0.4 is 4.72 Å². The zero-order valence-electron chi connectivity index (χ0n) is 14.8. The van der Waals surface area contributed by atoms with Gasteiger partial charge in [-0.15, -0.1) is 0 Å². The van der Waals surface area contributed by atoms with Crippen LogP contribution >= 0.6 is 0 Å². The van der Waals surface area contributed by atoms with Crippen molar-refractivity contribution in [2.24, 2.45) is 0 Å². The Labute approximate surface area is 152 Å². The number of hydrogen-bond donors (Lipinski definition) is 1. The van der Waals surface area contributed by atoms with E-state index in [0.717, 1.165) is 5.56 Å². The van der Waals surface area contributed by atoms with Crippen LogP contribution in [0.2, 0.25) is 0 Å². The van der Waals surface area contributed by atoms with Gasteiger partial charge in [-0.2, -0.15) is 0 Å². The Morgan fingerprint density at radius 2 is 1.58 bits per heavy atom. The summed E-state index contributed by atoms with van der Waals surface area (Å²) in [7, 11) is -1.60. The van der Waals surface area contributed by atoms with Crippen LogP contribution in [0.25, 0.3) is 0 Å². The van der Waals surface area contributed by atoms with Gasteiger partial charge in [0.05, 0.1) is 35.9 Å². The lowest BCUT2D eigenvalue weighted by atomic mass is 10.1. The van der Waals surface area contributed by atoms with E-state index in [1.165, 1.54) is 38.5 Å². The average Bonchev–Trinajstić information content (AvgIpc) is 2.59. The second kappa shape index (κ2) is 7.57. The number of anilines is 1. The molecule has 8 heteroatoms. The molecule has 0 bridgehead atoms. The van der Waals surface area contributed by atoms with Crippen molar-refractivity contribution in [3.63, 3.8) is 0 Å². The van der Waals surface area contributed by atoms with Crippen molar-refractivity contribution < 1.29 is 27.5 Å². The summed E-state index contributed by atoms with van der Waals surface area (Å²) in [6, 6.07) is 8.79. The summed E-state index contributed by atoms with van der Waals surface area (Å²) in [5, 5.41) is 0. The van der Waals surface area contributed by atoms with Gasteiger partial charge in [-0.25, -0.2) is 18.0 Å². The monoisotopic (exact) mass is 377 g/mol. The van der Waals surface area contributed by atoms with Gasteiger partial charge in [-0.05, 0) is 43.7 Å². The number of sulfonamides is 1. The molecule has 138 valence electrons. The maximum Gasteiger partial charge on any atom is 0.339 e. The van der Waals surface area contributed by atoms with Gasteiger partial charge >= 0.3 is 11.9 Å². The second-order valence-electron chi connectivity index (χ2n) is 5.62. The van der Waals surface area contributed by atoms with Crippen molar-refractivity contribution in [3.8, 4) is 0 Å². The van der Waals surface area contributed by atoms with E-state index in [1.807, 2.05) is 6.92 Å². The highest BCUT2D eigenvalue weighted by atomic mass is 32.2. The minimum absolute atomic E-state index is 0.0199.